The van der Waals surface area contributed by atoms with Gasteiger partial charge >= 0.3 is 29.6 Å². The van der Waals surface area contributed by atoms with Crippen LogP contribution in [0.4, 0.5) is 5.13 Å². The van der Waals surface area contributed by atoms with Gasteiger partial charge in [0.2, 0.25) is 0 Å². The third-order valence-corrected chi connectivity index (χ3v) is 8.48. The van der Waals surface area contributed by atoms with E-state index in [9.17, 15) is 24.3 Å². The average molecular weight is 671 g/mol. The molecule has 0 aliphatic carbocycles. The molecule has 4 aliphatic rings. The van der Waals surface area contributed by atoms with Gasteiger partial charge in [0.25, 0.3) is 17.7 Å². The Kier molecular flexibility index (Phi) is 11.3. The number of β-lactam (4-membered cyclic amide) rings is 1. The summed E-state index contributed by atoms with van der Waals surface area (Å²) in [5, 5.41) is 38.0. The van der Waals surface area contributed by atoms with Gasteiger partial charge in [-0.3, -0.25) is 24.6 Å². The summed E-state index contributed by atoms with van der Waals surface area (Å²) in [6.45, 7) is 2.26. The number of hydrogen-bond donors (Lipinski definition) is 3. The molecule has 46 heavy (non-hydrogen) atoms. The molecule has 1 aromatic rings. The minimum Gasteiger partial charge on any atom is -0.543 e. The van der Waals surface area contributed by atoms with E-state index in [1.165, 1.54) is 23.2 Å². The summed E-state index contributed by atoms with van der Waals surface area (Å²) in [4.78, 5) is 62.0. The number of rotatable bonds is 10. The van der Waals surface area contributed by atoms with Crippen molar-refractivity contribution in [1.29, 1.82) is 5.26 Å². The van der Waals surface area contributed by atoms with Crippen LogP contribution in [0.15, 0.2) is 91.8 Å². The van der Waals surface area contributed by atoms with Crippen LogP contribution in [-0.4, -0.2) is 74.5 Å². The molecule has 1 aromatic heterocycles. The number of anilines is 1. The molecular weight excluding hydrogens is 647 g/mol. The Morgan fingerprint density at radius 1 is 1.30 bits per heavy atom. The monoisotopic (exact) mass is 670 g/mol. The summed E-state index contributed by atoms with van der Waals surface area (Å²) < 4.78 is 0. The van der Waals surface area contributed by atoms with Crippen LogP contribution in [0.2, 0.25) is 0 Å². The molecule has 2 atom stereocenters. The Bertz CT molecular complexity index is 1740. The van der Waals surface area contributed by atoms with Gasteiger partial charge in [-0.15, -0.1) is 33.3 Å². The number of allylic oxidation sites excluding steroid dienone is 5. The number of thiazole rings is 1. The van der Waals surface area contributed by atoms with Crippen LogP contribution >= 0.6 is 23.1 Å². The van der Waals surface area contributed by atoms with Crippen LogP contribution in [0.3, 0.4) is 0 Å². The first-order valence-electron chi connectivity index (χ1n) is 13.2. The van der Waals surface area contributed by atoms with E-state index >= 15 is 0 Å². The van der Waals surface area contributed by atoms with Gasteiger partial charge in [-0.25, -0.2) is 4.98 Å². The van der Waals surface area contributed by atoms with Crippen LogP contribution in [-0.2, 0) is 24.0 Å². The quantitative estimate of drug-likeness (QED) is 0.0566. The number of carboxylic acids is 1. The van der Waals surface area contributed by atoms with E-state index in [1.807, 2.05) is 10.2 Å². The Morgan fingerprint density at radius 2 is 2.07 bits per heavy atom. The fourth-order valence-electron chi connectivity index (χ4n) is 4.43. The van der Waals surface area contributed by atoms with E-state index in [-0.39, 0.29) is 69.8 Å². The van der Waals surface area contributed by atoms with Gasteiger partial charge in [-0.2, -0.15) is 5.26 Å². The molecule has 5 heterocycles. The van der Waals surface area contributed by atoms with Crippen molar-refractivity contribution in [2.45, 2.75) is 18.3 Å². The summed E-state index contributed by atoms with van der Waals surface area (Å²) in [5.74, 6) is -3.22. The summed E-state index contributed by atoms with van der Waals surface area (Å²) in [6, 6.07) is -0.997. The molecule has 0 saturated carbocycles. The third-order valence-electron chi connectivity index (χ3n) is 6.51. The fourth-order valence-corrected chi connectivity index (χ4v) is 6.29. The Hall–Kier alpha value is -4.54. The number of carbonyl (C=O) groups excluding carboxylic acids is 4. The Labute approximate surface area is 292 Å². The van der Waals surface area contributed by atoms with Crippen LogP contribution in [0.5, 0.6) is 0 Å². The molecule has 16 nitrogen and oxygen atoms in total. The van der Waals surface area contributed by atoms with Crippen molar-refractivity contribution in [1.82, 2.24) is 25.4 Å². The molecule has 5 rings (SSSR count). The van der Waals surface area contributed by atoms with Crippen LogP contribution in [0.25, 0.3) is 0 Å². The van der Waals surface area contributed by atoms with E-state index in [4.69, 9.17) is 15.8 Å². The average Bonchev–Trinajstić information content (AvgIpc) is 3.70. The minimum absolute atomic E-state index is 0. The maximum absolute atomic E-state index is 13.1. The molecule has 4 N–H and O–H groups in total. The number of nitrogens with one attached hydrogen (secondary N) is 2. The molecule has 0 radical (unpaired) electrons. The first kappa shape index (κ1) is 34.3. The molecule has 4 aliphatic heterocycles. The summed E-state index contributed by atoms with van der Waals surface area (Å²) >= 11 is 2.41. The summed E-state index contributed by atoms with van der Waals surface area (Å²) in [7, 11) is 0. The number of nitriles is 1. The van der Waals surface area contributed by atoms with E-state index in [2.05, 4.69) is 25.7 Å². The van der Waals surface area contributed by atoms with Crippen LogP contribution in [0, 0.1) is 11.5 Å². The van der Waals surface area contributed by atoms with Crippen LogP contribution in [0.1, 0.15) is 12.6 Å². The second-order valence-electron chi connectivity index (χ2n) is 9.32. The number of aliphatic carboxylic acids is 1. The van der Waals surface area contributed by atoms with E-state index in [0.717, 1.165) is 16.2 Å². The van der Waals surface area contributed by atoms with Gasteiger partial charge < -0.3 is 30.7 Å². The van der Waals surface area contributed by atoms with E-state index in [1.54, 1.807) is 49.8 Å². The zero-order valence-corrected chi connectivity index (χ0v) is 28.0. The van der Waals surface area contributed by atoms with Gasteiger partial charge in [0, 0.05) is 35.7 Å². The number of hydrogen-bond acceptors (Lipinski definition) is 15. The minimum atomic E-state index is -1.51. The Morgan fingerprint density at radius 3 is 2.72 bits per heavy atom. The molecule has 3 amide bonds. The van der Waals surface area contributed by atoms with Gasteiger partial charge in [0.1, 0.15) is 23.7 Å². The van der Waals surface area contributed by atoms with Gasteiger partial charge in [-0.1, -0.05) is 17.3 Å². The fraction of sp³-hybridized carbons (Fsp3) is 0.222. The first-order valence-corrected chi connectivity index (χ1v) is 15.1. The van der Waals surface area contributed by atoms with Gasteiger partial charge in [0.15, 0.2) is 22.7 Å². The van der Waals surface area contributed by atoms with Crippen molar-refractivity contribution < 1.29 is 58.7 Å². The molecular formula is C27H23N10NaO6S2. The molecule has 1 saturated heterocycles. The van der Waals surface area contributed by atoms with Gasteiger partial charge in [0.05, 0.1) is 17.4 Å². The molecule has 19 heteroatoms. The number of nitrogens with zero attached hydrogens (tertiary/aromatic N) is 7. The smallest absolute Gasteiger partial charge is 0.543 e. The Balaban J connectivity index is 0.00000480. The molecule has 0 unspecified atom stereocenters. The maximum Gasteiger partial charge on any atom is 1.00 e. The number of nitrogen functional groups attached to an aromatic ring is 1. The SMILES string of the molecule is CCO/N=C(\C(=O)N[C@@H]1C(=O)N2C(C(=O)[O-])=C(/C=C\CN3C=CC(=C4C=C(C(=O)NC#N)N=N4)C=C3)CS[C@H]12)c1csc(N)n1.[Na+]. The van der Waals surface area contributed by atoms with Crippen molar-refractivity contribution in [3.05, 3.63) is 82.1 Å². The number of amides is 3. The second-order valence-corrected chi connectivity index (χ2v) is 11.3. The summed E-state index contributed by atoms with van der Waals surface area (Å²) in [6.07, 6.45) is 13.4. The molecule has 1 fully saturated rings. The summed E-state index contributed by atoms with van der Waals surface area (Å²) in [5.41, 5.74) is 7.02. The maximum atomic E-state index is 13.1. The number of azo groups is 1. The predicted molar refractivity (Wildman–Crippen MR) is 160 cm³/mol. The van der Waals surface area contributed by atoms with E-state index < -0.39 is 35.1 Å². The van der Waals surface area contributed by atoms with Crippen molar-refractivity contribution >= 4 is 57.6 Å². The number of nitrogens with two attached hydrogens (primary N) is 1. The number of oxime groups is 1. The second kappa shape index (κ2) is 15.2. The van der Waals surface area contributed by atoms with Crippen LogP contribution < -0.4 is 51.0 Å². The number of aromatic nitrogens is 1. The first-order chi connectivity index (χ1) is 21.7. The zero-order chi connectivity index (χ0) is 32.1. The largest absolute Gasteiger partial charge is 1.00 e. The normalized spacial score (nSPS) is 20.2. The number of carbonyl (C=O) groups is 4. The topological polar surface area (TPSA) is 231 Å². The van der Waals surface area contributed by atoms with Crippen molar-refractivity contribution in [3.8, 4) is 6.19 Å². The number of fused-ring (bicyclic) bond motifs is 1. The molecule has 0 bridgehead atoms. The zero-order valence-electron chi connectivity index (χ0n) is 24.4. The predicted octanol–water partition coefficient (Wildman–Crippen LogP) is -3.03. The third kappa shape index (κ3) is 7.29. The van der Waals surface area contributed by atoms with Crippen molar-refractivity contribution in [2.75, 3.05) is 24.6 Å². The number of carboxylic acid groups (broad SMARTS) is 1. The number of thioether (sulfide) groups is 1. The van der Waals surface area contributed by atoms with Gasteiger partial charge in [-0.05, 0) is 30.7 Å². The molecule has 230 valence electrons. The molecule has 0 aromatic carbocycles. The molecule has 0 spiro atoms. The van der Waals surface area contributed by atoms with E-state index in [0.29, 0.717) is 23.4 Å². The van der Waals surface area contributed by atoms with Crippen molar-refractivity contribution in [3.63, 3.8) is 0 Å². The standard InChI is InChI=1S/C27H24N10O6S2.Na/c1-2-43-35-19(18-12-45-27(29)31-18)23(39)32-20-24(40)37-21(26(41)42)15(11-44-25(20)37)4-3-7-36-8-5-14(6-9-36)16-10-17(34-33-16)22(38)30-13-28;/h3-6,8-10,12,20,25H,2,7,11H2,1H3,(H2,29,31)(H,30,38)(H,32,39)(H,41,42);/q;+1/p-1/b4-3-,35-19-;/t20-,25-;/m1./s1. The van der Waals surface area contributed by atoms with Crippen molar-refractivity contribution in [2.24, 2.45) is 15.4 Å².